The van der Waals surface area contributed by atoms with Crippen LogP contribution in [0, 0.1) is 11.6 Å². The normalized spacial score (nSPS) is 18.8. The Morgan fingerprint density at radius 2 is 1.44 bits per heavy atom. The Kier molecular flexibility index (Phi) is 18.8. The first kappa shape index (κ1) is 48.1. The van der Waals surface area contributed by atoms with Crippen molar-refractivity contribution in [2.45, 2.75) is 36.3 Å². The molecular formula is C40H53F2N5O15S. The third-order valence-corrected chi connectivity index (χ3v) is 11.0. The van der Waals surface area contributed by atoms with E-state index in [4.69, 9.17) is 52.6 Å². The molecule has 4 N–H and O–H groups in total. The van der Waals surface area contributed by atoms with Crippen LogP contribution < -0.4 is 31.0 Å². The van der Waals surface area contributed by atoms with Gasteiger partial charge < -0.3 is 53.8 Å². The van der Waals surface area contributed by atoms with Crippen LogP contribution in [0.4, 0.5) is 20.2 Å². The van der Waals surface area contributed by atoms with Crippen molar-refractivity contribution in [2.75, 3.05) is 115 Å². The predicted molar refractivity (Wildman–Crippen MR) is 216 cm³/mol. The molecule has 348 valence electrons. The van der Waals surface area contributed by atoms with E-state index < -0.39 is 39.4 Å². The van der Waals surface area contributed by atoms with E-state index in [1.165, 1.54) is 34.6 Å². The molecule has 0 spiro atoms. The third-order valence-electron chi connectivity index (χ3n) is 9.34. The zero-order chi connectivity index (χ0) is 44.3. The molecule has 3 aliphatic heterocycles. The van der Waals surface area contributed by atoms with Gasteiger partial charge in [0.1, 0.15) is 11.6 Å². The number of sulfone groups is 1. The summed E-state index contributed by atoms with van der Waals surface area (Å²) in [6.07, 6.45) is 0.0147. The van der Waals surface area contributed by atoms with E-state index in [-0.39, 0.29) is 55.5 Å². The Bertz CT molecular complexity index is 1970. The summed E-state index contributed by atoms with van der Waals surface area (Å²) in [5.41, 5.74) is 3.72. The molecule has 3 aromatic carbocycles. The van der Waals surface area contributed by atoms with Crippen molar-refractivity contribution < 1.29 is 79.7 Å². The summed E-state index contributed by atoms with van der Waals surface area (Å²) >= 11 is 0. The number of hydroxylamine groups is 3. The summed E-state index contributed by atoms with van der Waals surface area (Å²) < 4.78 is 85.7. The van der Waals surface area contributed by atoms with E-state index >= 15 is 0 Å². The Labute approximate surface area is 363 Å². The average molecular weight is 914 g/mol. The molecule has 0 bridgehead atoms. The number of ether oxygens (including phenoxy) is 6. The van der Waals surface area contributed by atoms with Crippen molar-refractivity contribution in [3.63, 3.8) is 0 Å². The zero-order valence-corrected chi connectivity index (χ0v) is 35.3. The second kappa shape index (κ2) is 24.6. The van der Waals surface area contributed by atoms with E-state index in [9.17, 15) is 27.1 Å². The van der Waals surface area contributed by atoms with Gasteiger partial charge in [-0.25, -0.2) is 22.0 Å². The number of aliphatic hydroxyl groups is 1. The highest BCUT2D eigenvalue weighted by Crippen LogP contribution is 2.41. The number of hydrogen-bond acceptors (Lipinski definition) is 19. The first-order chi connectivity index (χ1) is 30.6. The van der Waals surface area contributed by atoms with E-state index in [2.05, 4.69) is 16.3 Å². The SMILES string of the molecule is O=C(NCc1cc(F)cc(F)c1)C1(O)CCN(c2ccc(S(=O)(=O)CCOCCOCCOCCOCCOCCOCCNc3cccc4c3ON(C3CCONO3)O4)cc2)O1. The Morgan fingerprint density at radius 1 is 0.825 bits per heavy atom. The summed E-state index contributed by atoms with van der Waals surface area (Å²) in [6, 6.07) is 14.2. The first-order valence-corrected chi connectivity index (χ1v) is 22.0. The number of para-hydroxylation sites is 1. The minimum absolute atomic E-state index is 0.0373. The quantitative estimate of drug-likeness (QED) is 0.0769. The van der Waals surface area contributed by atoms with Gasteiger partial charge in [-0.3, -0.25) is 19.5 Å². The number of rotatable bonds is 28. The van der Waals surface area contributed by atoms with Gasteiger partial charge in [-0.1, -0.05) is 11.7 Å². The molecule has 20 nitrogen and oxygen atoms in total. The minimum atomic E-state index is -3.67. The van der Waals surface area contributed by atoms with Gasteiger partial charge in [-0.2, -0.15) is 0 Å². The van der Waals surface area contributed by atoms with Crippen LogP contribution in [-0.4, -0.2) is 141 Å². The van der Waals surface area contributed by atoms with Gasteiger partial charge in [-0.15, -0.1) is 0 Å². The second-order valence-electron chi connectivity index (χ2n) is 14.0. The van der Waals surface area contributed by atoms with Crippen LogP contribution >= 0.6 is 0 Å². The highest BCUT2D eigenvalue weighted by atomic mass is 32.2. The lowest BCUT2D eigenvalue weighted by Gasteiger charge is -2.26. The lowest BCUT2D eigenvalue weighted by atomic mass is 10.1. The molecule has 2 atom stereocenters. The van der Waals surface area contributed by atoms with Gasteiger partial charge in [0.2, 0.25) is 12.0 Å². The van der Waals surface area contributed by atoms with Crippen molar-refractivity contribution in [2.24, 2.45) is 0 Å². The number of nitrogens with one attached hydrogen (secondary N) is 3. The van der Waals surface area contributed by atoms with Crippen LogP contribution in [0.1, 0.15) is 18.4 Å². The number of hydrogen-bond donors (Lipinski definition) is 4. The molecule has 2 saturated heterocycles. The summed E-state index contributed by atoms with van der Waals surface area (Å²) in [5.74, 6) is -3.81. The van der Waals surface area contributed by atoms with E-state index in [1.807, 2.05) is 18.2 Å². The van der Waals surface area contributed by atoms with Gasteiger partial charge in [0.25, 0.3) is 11.7 Å². The predicted octanol–water partition coefficient (Wildman–Crippen LogP) is 2.18. The fraction of sp³-hybridized carbons (Fsp3) is 0.525. The molecule has 0 radical (unpaired) electrons. The van der Waals surface area contributed by atoms with Crippen LogP contribution in [0.5, 0.6) is 11.5 Å². The molecule has 6 rings (SSSR count). The smallest absolute Gasteiger partial charge is 0.282 e. The van der Waals surface area contributed by atoms with Crippen LogP contribution in [-0.2, 0) is 64.1 Å². The van der Waals surface area contributed by atoms with E-state index in [0.717, 1.165) is 17.8 Å². The van der Waals surface area contributed by atoms with E-state index in [0.29, 0.717) is 102 Å². The summed E-state index contributed by atoms with van der Waals surface area (Å²) in [5, 5.41) is 19.0. The summed E-state index contributed by atoms with van der Waals surface area (Å²) in [4.78, 5) is 39.9. The number of benzene rings is 3. The number of fused-ring (bicyclic) bond motifs is 1. The molecular weight excluding hydrogens is 861 g/mol. The van der Waals surface area contributed by atoms with Gasteiger partial charge in [-0.05, 0) is 54.1 Å². The standard InChI is InChI=1S/C40H53F2N5O15S/c41-31-26-30(27-32(42)28-31)29-44-39(48)40(49)9-11-46(62-40)33-4-6-34(7-5-33)63(50,51)25-24-57-23-22-56-21-20-55-19-18-54-17-16-53-15-14-52-13-10-43-35-2-1-3-36-38(35)61-47(60-36)37-8-12-58-45-59-37/h1-7,26-28,37,43,45,49H,8-25,29H2,(H,44,48). The van der Waals surface area contributed by atoms with Crippen molar-refractivity contribution in [3.05, 3.63) is 77.9 Å². The monoisotopic (exact) mass is 913 g/mol. The summed E-state index contributed by atoms with van der Waals surface area (Å²) in [6.45, 7) is 5.00. The third kappa shape index (κ3) is 15.1. The number of anilines is 2. The van der Waals surface area contributed by atoms with Gasteiger partial charge in [0, 0.05) is 32.0 Å². The van der Waals surface area contributed by atoms with Crippen LogP contribution in [0.3, 0.4) is 0 Å². The molecule has 63 heavy (non-hydrogen) atoms. The average Bonchev–Trinajstić information content (AvgIpc) is 3.91. The molecule has 1 amide bonds. The Hall–Kier alpha value is -4.34. The maximum atomic E-state index is 13.4. The molecule has 3 heterocycles. The van der Waals surface area contributed by atoms with Gasteiger partial charge in [0.05, 0.1) is 120 Å². The highest BCUT2D eigenvalue weighted by Gasteiger charge is 2.45. The Morgan fingerprint density at radius 3 is 2.06 bits per heavy atom. The Balaban J connectivity index is 0.704. The number of carbonyl (C=O) groups excluding carboxylic acids is 1. The number of halogens is 2. The molecule has 23 heteroatoms. The van der Waals surface area contributed by atoms with Crippen molar-refractivity contribution >= 4 is 27.1 Å². The molecule has 0 aromatic heterocycles. The number of carbonyl (C=O) groups is 1. The second-order valence-corrected chi connectivity index (χ2v) is 16.1. The topological polar surface area (TPSA) is 216 Å². The largest absolute Gasteiger partial charge is 0.380 e. The van der Waals surface area contributed by atoms with E-state index in [1.54, 1.807) is 0 Å². The summed E-state index contributed by atoms with van der Waals surface area (Å²) in [7, 11) is -3.67. The van der Waals surface area contributed by atoms with Crippen LogP contribution in [0.25, 0.3) is 0 Å². The molecule has 2 fully saturated rings. The van der Waals surface area contributed by atoms with Gasteiger partial charge in [0.15, 0.2) is 15.6 Å². The van der Waals surface area contributed by atoms with Crippen molar-refractivity contribution in [1.29, 1.82) is 0 Å². The lowest BCUT2D eigenvalue weighted by Crippen LogP contribution is -2.47. The maximum Gasteiger partial charge on any atom is 0.282 e. The number of nitrogens with zero attached hydrogens (tertiary/aromatic N) is 2. The minimum Gasteiger partial charge on any atom is -0.380 e. The fourth-order valence-corrected chi connectivity index (χ4v) is 7.23. The molecule has 3 aliphatic rings. The molecule has 3 aromatic rings. The van der Waals surface area contributed by atoms with Crippen molar-refractivity contribution in [1.82, 2.24) is 16.2 Å². The molecule has 0 saturated carbocycles. The zero-order valence-electron chi connectivity index (χ0n) is 34.5. The molecule has 0 aliphatic carbocycles. The number of amides is 1. The van der Waals surface area contributed by atoms with Crippen LogP contribution in [0.15, 0.2) is 65.6 Å². The van der Waals surface area contributed by atoms with Crippen LogP contribution in [0.2, 0.25) is 0 Å². The maximum absolute atomic E-state index is 13.4. The highest BCUT2D eigenvalue weighted by molar-refractivity contribution is 7.91. The fourth-order valence-electron chi connectivity index (χ4n) is 6.11. The lowest BCUT2D eigenvalue weighted by molar-refractivity contribution is -0.376. The van der Waals surface area contributed by atoms with Gasteiger partial charge >= 0.3 is 0 Å². The molecule has 2 unspecified atom stereocenters. The van der Waals surface area contributed by atoms with Crippen molar-refractivity contribution in [3.8, 4) is 11.5 Å². The first-order valence-electron chi connectivity index (χ1n) is 20.4.